The second-order valence-corrected chi connectivity index (χ2v) is 6.74. The Bertz CT molecular complexity index is 1080. The minimum atomic E-state index is -0.461. The number of halogens is 1. The Kier molecular flexibility index (Phi) is 4.84. The molecule has 0 atom stereocenters. The summed E-state index contributed by atoms with van der Waals surface area (Å²) in [5.41, 5.74) is 2.79. The van der Waals surface area contributed by atoms with Crippen molar-refractivity contribution in [2.75, 3.05) is 11.1 Å². The third-order valence-electron chi connectivity index (χ3n) is 3.90. The molecule has 0 radical (unpaired) electrons. The van der Waals surface area contributed by atoms with Crippen molar-refractivity contribution < 1.29 is 9.18 Å². The van der Waals surface area contributed by atoms with Crippen LogP contribution in [0.4, 0.5) is 10.1 Å². The van der Waals surface area contributed by atoms with Crippen molar-refractivity contribution in [1.82, 2.24) is 15.0 Å². The molecule has 5 nitrogen and oxygen atoms in total. The van der Waals surface area contributed by atoms with Gasteiger partial charge in [-0.05, 0) is 36.4 Å². The zero-order valence-electron chi connectivity index (χ0n) is 14.1. The number of hydrogen-bond donors (Lipinski definition) is 2. The van der Waals surface area contributed by atoms with Gasteiger partial charge >= 0.3 is 0 Å². The van der Waals surface area contributed by atoms with Gasteiger partial charge in [0.15, 0.2) is 0 Å². The fraction of sp³-hybridized carbons (Fsp3) is 0.0500. The molecule has 2 heterocycles. The van der Waals surface area contributed by atoms with E-state index in [4.69, 9.17) is 0 Å². The average Bonchev–Trinajstić information content (AvgIpc) is 3.12. The number of nitrogens with zero attached hydrogens (tertiary/aromatic N) is 2. The molecule has 4 rings (SSSR count). The molecular formula is C20H15FN4OS. The SMILES string of the molecule is O=C(CSc1ncccc1-c1nc2ccccc2[nH]1)Nc1ccccc1F. The fourth-order valence-electron chi connectivity index (χ4n) is 2.65. The summed E-state index contributed by atoms with van der Waals surface area (Å²) in [5, 5.41) is 3.26. The number of amides is 1. The zero-order chi connectivity index (χ0) is 18.6. The number of anilines is 1. The molecular weight excluding hydrogens is 363 g/mol. The van der Waals surface area contributed by atoms with Gasteiger partial charge in [-0.15, -0.1) is 0 Å². The largest absolute Gasteiger partial charge is 0.338 e. The summed E-state index contributed by atoms with van der Waals surface area (Å²) >= 11 is 1.28. The lowest BCUT2D eigenvalue weighted by atomic mass is 10.3. The smallest absolute Gasteiger partial charge is 0.234 e. The van der Waals surface area contributed by atoms with Gasteiger partial charge in [0.1, 0.15) is 16.7 Å². The van der Waals surface area contributed by atoms with Crippen molar-refractivity contribution in [1.29, 1.82) is 0 Å². The first-order valence-corrected chi connectivity index (χ1v) is 9.26. The summed E-state index contributed by atoms with van der Waals surface area (Å²) in [6.07, 6.45) is 1.67. The molecule has 0 aliphatic rings. The highest BCUT2D eigenvalue weighted by atomic mass is 32.2. The molecule has 2 aromatic carbocycles. The molecule has 0 saturated heterocycles. The number of thioether (sulfide) groups is 1. The topological polar surface area (TPSA) is 70.7 Å². The normalized spacial score (nSPS) is 10.9. The van der Waals surface area contributed by atoms with E-state index in [9.17, 15) is 9.18 Å². The number of carbonyl (C=O) groups excluding carboxylic acids is 1. The summed E-state index contributed by atoms with van der Waals surface area (Å²) in [6.45, 7) is 0. The minimum absolute atomic E-state index is 0.110. The van der Waals surface area contributed by atoms with Crippen molar-refractivity contribution >= 4 is 34.4 Å². The Morgan fingerprint density at radius 3 is 2.74 bits per heavy atom. The number of aromatic amines is 1. The predicted molar refractivity (Wildman–Crippen MR) is 105 cm³/mol. The molecule has 1 amide bonds. The summed E-state index contributed by atoms with van der Waals surface area (Å²) in [4.78, 5) is 24.4. The van der Waals surface area contributed by atoms with Gasteiger partial charge < -0.3 is 10.3 Å². The number of nitrogens with one attached hydrogen (secondary N) is 2. The number of H-pyrrole nitrogens is 1. The zero-order valence-corrected chi connectivity index (χ0v) is 15.0. The Morgan fingerprint density at radius 1 is 1.07 bits per heavy atom. The van der Waals surface area contributed by atoms with E-state index in [0.29, 0.717) is 10.9 Å². The van der Waals surface area contributed by atoms with Crippen LogP contribution < -0.4 is 5.32 Å². The predicted octanol–water partition coefficient (Wildman–Crippen LogP) is 4.49. The third kappa shape index (κ3) is 3.83. The number of para-hydroxylation sites is 3. The first-order valence-electron chi connectivity index (χ1n) is 8.28. The van der Waals surface area contributed by atoms with Gasteiger partial charge in [0.05, 0.1) is 22.5 Å². The van der Waals surface area contributed by atoms with Gasteiger partial charge in [-0.2, -0.15) is 0 Å². The van der Waals surface area contributed by atoms with Crippen LogP contribution in [0.15, 0.2) is 71.9 Å². The Balaban J connectivity index is 1.51. The number of hydrogen-bond acceptors (Lipinski definition) is 4. The lowest BCUT2D eigenvalue weighted by Crippen LogP contribution is -2.15. The Hall–Kier alpha value is -3.19. The molecule has 0 unspecified atom stereocenters. The average molecular weight is 378 g/mol. The van der Waals surface area contributed by atoms with Gasteiger partial charge in [-0.3, -0.25) is 4.79 Å². The molecule has 7 heteroatoms. The number of rotatable bonds is 5. The molecule has 0 aliphatic carbocycles. The molecule has 2 aromatic heterocycles. The van der Waals surface area contributed by atoms with Crippen molar-refractivity contribution in [2.45, 2.75) is 5.03 Å². The summed E-state index contributed by atoms with van der Waals surface area (Å²) in [5.74, 6) is 0.0442. The highest BCUT2D eigenvalue weighted by Crippen LogP contribution is 2.29. The van der Waals surface area contributed by atoms with Crippen molar-refractivity contribution in [3.63, 3.8) is 0 Å². The second kappa shape index (κ2) is 7.59. The van der Waals surface area contributed by atoms with Gasteiger partial charge in [0.25, 0.3) is 0 Å². The van der Waals surface area contributed by atoms with E-state index >= 15 is 0 Å². The van der Waals surface area contributed by atoms with Crippen molar-refractivity contribution in [3.8, 4) is 11.4 Å². The van der Waals surface area contributed by atoms with E-state index in [1.807, 2.05) is 36.4 Å². The van der Waals surface area contributed by atoms with Crippen LogP contribution in [0.25, 0.3) is 22.4 Å². The number of fused-ring (bicyclic) bond motifs is 1. The Morgan fingerprint density at radius 2 is 1.89 bits per heavy atom. The quantitative estimate of drug-likeness (QED) is 0.502. The second-order valence-electron chi connectivity index (χ2n) is 5.78. The van der Waals surface area contributed by atoms with Gasteiger partial charge in [-0.25, -0.2) is 14.4 Å². The molecule has 0 bridgehead atoms. The van der Waals surface area contributed by atoms with Gasteiger partial charge in [0, 0.05) is 11.8 Å². The number of benzene rings is 2. The van der Waals surface area contributed by atoms with Crippen LogP contribution in [0.2, 0.25) is 0 Å². The Labute approximate surface area is 159 Å². The molecule has 134 valence electrons. The van der Waals surface area contributed by atoms with Crippen LogP contribution in [-0.2, 0) is 4.79 Å². The van der Waals surface area contributed by atoms with Gasteiger partial charge in [-0.1, -0.05) is 36.0 Å². The van der Waals surface area contributed by atoms with E-state index < -0.39 is 5.82 Å². The van der Waals surface area contributed by atoms with Crippen LogP contribution in [0.1, 0.15) is 0 Å². The molecule has 2 N–H and O–H groups in total. The highest BCUT2D eigenvalue weighted by Gasteiger charge is 2.13. The van der Waals surface area contributed by atoms with E-state index in [2.05, 4.69) is 20.3 Å². The monoisotopic (exact) mass is 378 g/mol. The summed E-state index contributed by atoms with van der Waals surface area (Å²) in [6, 6.07) is 17.6. The van der Waals surface area contributed by atoms with Crippen LogP contribution in [0.5, 0.6) is 0 Å². The van der Waals surface area contributed by atoms with E-state index in [1.54, 1.807) is 18.3 Å². The van der Waals surface area contributed by atoms with Crippen LogP contribution >= 0.6 is 11.8 Å². The standard InChI is InChI=1S/C20H15FN4OS/c21-14-7-1-2-8-15(14)23-18(26)12-27-20-13(6-5-11-22-20)19-24-16-9-3-4-10-17(16)25-19/h1-11H,12H2,(H,23,26)(H,24,25). The van der Waals surface area contributed by atoms with E-state index in [1.165, 1.54) is 23.9 Å². The maximum absolute atomic E-state index is 13.7. The summed E-state index contributed by atoms with van der Waals surface area (Å²) in [7, 11) is 0. The number of aromatic nitrogens is 3. The summed E-state index contributed by atoms with van der Waals surface area (Å²) < 4.78 is 13.7. The third-order valence-corrected chi connectivity index (χ3v) is 4.91. The minimum Gasteiger partial charge on any atom is -0.338 e. The van der Waals surface area contributed by atoms with Crippen LogP contribution in [0, 0.1) is 5.82 Å². The molecule has 27 heavy (non-hydrogen) atoms. The van der Waals surface area contributed by atoms with Crippen molar-refractivity contribution in [2.24, 2.45) is 0 Å². The number of carbonyl (C=O) groups is 1. The number of pyridine rings is 1. The lowest BCUT2D eigenvalue weighted by Gasteiger charge is -2.07. The molecule has 0 spiro atoms. The van der Waals surface area contributed by atoms with Crippen molar-refractivity contribution in [3.05, 3.63) is 72.7 Å². The van der Waals surface area contributed by atoms with Crippen LogP contribution in [-0.4, -0.2) is 26.6 Å². The maximum atomic E-state index is 13.7. The first-order chi connectivity index (χ1) is 13.2. The molecule has 0 saturated carbocycles. The molecule has 4 aromatic rings. The molecule has 0 aliphatic heterocycles. The molecule has 0 fully saturated rings. The number of imidazole rings is 1. The highest BCUT2D eigenvalue weighted by molar-refractivity contribution is 8.00. The first kappa shape index (κ1) is 17.2. The van der Waals surface area contributed by atoms with Gasteiger partial charge in [0.2, 0.25) is 5.91 Å². The maximum Gasteiger partial charge on any atom is 0.234 e. The fourth-order valence-corrected chi connectivity index (χ4v) is 3.44. The van der Waals surface area contributed by atoms with E-state index in [0.717, 1.165) is 16.6 Å². The lowest BCUT2D eigenvalue weighted by molar-refractivity contribution is -0.113. The van der Waals surface area contributed by atoms with Crippen LogP contribution in [0.3, 0.4) is 0 Å². The van der Waals surface area contributed by atoms with E-state index in [-0.39, 0.29) is 17.3 Å².